The predicted octanol–water partition coefficient (Wildman–Crippen LogP) is 2.14. The summed E-state index contributed by atoms with van der Waals surface area (Å²) in [5, 5.41) is 5.13. The molecule has 6 heteroatoms. The Morgan fingerprint density at radius 1 is 1.00 bits per heavy atom. The van der Waals surface area contributed by atoms with Crippen LogP contribution in [0.4, 0.5) is 0 Å². The molecule has 1 aromatic carbocycles. The van der Waals surface area contributed by atoms with Gasteiger partial charge >= 0.3 is 0 Å². The van der Waals surface area contributed by atoms with Gasteiger partial charge in [-0.05, 0) is 18.6 Å². The highest BCUT2D eigenvalue weighted by Gasteiger charge is 2.18. The molecule has 138 valence electrons. The SMILES string of the molecule is CCCCCCCC[C@H](NC(=O)CNC(=O)c1ccccc1)C(N)=O. The first-order valence-corrected chi connectivity index (χ1v) is 8.96. The molecule has 0 fully saturated rings. The zero-order valence-electron chi connectivity index (χ0n) is 14.9. The average molecular weight is 347 g/mol. The molecule has 4 N–H and O–H groups in total. The van der Waals surface area contributed by atoms with E-state index >= 15 is 0 Å². The third kappa shape index (κ3) is 8.88. The van der Waals surface area contributed by atoms with E-state index < -0.39 is 17.9 Å². The van der Waals surface area contributed by atoms with E-state index in [-0.39, 0.29) is 12.5 Å². The molecule has 0 saturated heterocycles. The van der Waals surface area contributed by atoms with Gasteiger partial charge in [0.15, 0.2) is 0 Å². The minimum absolute atomic E-state index is 0.187. The normalized spacial score (nSPS) is 11.6. The van der Waals surface area contributed by atoms with Crippen molar-refractivity contribution in [2.45, 2.75) is 57.9 Å². The molecular formula is C19H29N3O3. The minimum atomic E-state index is -0.688. The number of primary amides is 1. The molecule has 0 bridgehead atoms. The van der Waals surface area contributed by atoms with Crippen LogP contribution < -0.4 is 16.4 Å². The number of hydrogen-bond acceptors (Lipinski definition) is 3. The number of rotatable bonds is 12. The lowest BCUT2D eigenvalue weighted by molar-refractivity contribution is -0.126. The largest absolute Gasteiger partial charge is 0.368 e. The quantitative estimate of drug-likeness (QED) is 0.505. The average Bonchev–Trinajstić information content (AvgIpc) is 2.62. The fraction of sp³-hybridized carbons (Fsp3) is 0.526. The second-order valence-corrected chi connectivity index (χ2v) is 6.13. The van der Waals surface area contributed by atoms with Crippen LogP contribution in [-0.2, 0) is 9.59 Å². The van der Waals surface area contributed by atoms with Crippen molar-refractivity contribution in [2.75, 3.05) is 6.54 Å². The molecular weight excluding hydrogens is 318 g/mol. The smallest absolute Gasteiger partial charge is 0.251 e. The summed E-state index contributed by atoms with van der Waals surface area (Å²) in [6.07, 6.45) is 7.11. The van der Waals surface area contributed by atoms with Crippen molar-refractivity contribution >= 4 is 17.7 Å². The van der Waals surface area contributed by atoms with Crippen LogP contribution in [0, 0.1) is 0 Å². The van der Waals surface area contributed by atoms with Crippen LogP contribution in [-0.4, -0.2) is 30.3 Å². The Bertz CT molecular complexity index is 546. The topological polar surface area (TPSA) is 101 Å². The second-order valence-electron chi connectivity index (χ2n) is 6.13. The third-order valence-corrected chi connectivity index (χ3v) is 3.97. The van der Waals surface area contributed by atoms with Crippen molar-refractivity contribution in [1.29, 1.82) is 0 Å². The molecule has 1 rings (SSSR count). The molecule has 0 unspecified atom stereocenters. The standard InChI is InChI=1S/C19H29N3O3/c1-2-3-4-5-6-10-13-16(18(20)24)22-17(23)14-21-19(25)15-11-8-7-9-12-15/h7-9,11-12,16H,2-6,10,13-14H2,1H3,(H2,20,24)(H,21,25)(H,22,23)/t16-/m0/s1. The Kier molecular flexibility index (Phi) is 9.97. The van der Waals surface area contributed by atoms with Gasteiger partial charge in [-0.25, -0.2) is 0 Å². The Morgan fingerprint density at radius 2 is 1.64 bits per heavy atom. The minimum Gasteiger partial charge on any atom is -0.368 e. The van der Waals surface area contributed by atoms with E-state index in [1.807, 2.05) is 6.07 Å². The highest BCUT2D eigenvalue weighted by molar-refractivity contribution is 5.97. The number of hydrogen-bond donors (Lipinski definition) is 3. The van der Waals surface area contributed by atoms with E-state index in [9.17, 15) is 14.4 Å². The summed E-state index contributed by atoms with van der Waals surface area (Å²) in [4.78, 5) is 35.3. The van der Waals surface area contributed by atoms with Crippen molar-refractivity contribution in [3.05, 3.63) is 35.9 Å². The summed E-state index contributed by atoms with van der Waals surface area (Å²) in [5.41, 5.74) is 5.83. The van der Waals surface area contributed by atoms with Crippen LogP contribution >= 0.6 is 0 Å². The first-order valence-electron chi connectivity index (χ1n) is 8.96. The molecule has 0 heterocycles. The van der Waals surface area contributed by atoms with Crippen LogP contribution in [0.5, 0.6) is 0 Å². The van der Waals surface area contributed by atoms with Gasteiger partial charge in [-0.15, -0.1) is 0 Å². The molecule has 0 radical (unpaired) electrons. The fourth-order valence-corrected chi connectivity index (χ4v) is 2.51. The maximum absolute atomic E-state index is 11.9. The van der Waals surface area contributed by atoms with Crippen LogP contribution in [0.15, 0.2) is 30.3 Å². The number of carbonyl (C=O) groups is 3. The Hall–Kier alpha value is -2.37. The molecule has 1 aromatic rings. The van der Waals surface area contributed by atoms with Gasteiger partial charge in [0.05, 0.1) is 6.54 Å². The molecule has 0 spiro atoms. The van der Waals surface area contributed by atoms with Gasteiger partial charge in [-0.1, -0.05) is 63.6 Å². The van der Waals surface area contributed by atoms with Crippen molar-refractivity contribution in [3.8, 4) is 0 Å². The number of benzene rings is 1. The Balaban J connectivity index is 2.30. The summed E-state index contributed by atoms with van der Waals surface area (Å²) < 4.78 is 0. The molecule has 3 amide bonds. The molecule has 0 aliphatic carbocycles. The van der Waals surface area contributed by atoms with Gasteiger partial charge < -0.3 is 16.4 Å². The highest BCUT2D eigenvalue weighted by Crippen LogP contribution is 2.08. The van der Waals surface area contributed by atoms with E-state index in [0.717, 1.165) is 19.3 Å². The Morgan fingerprint density at radius 3 is 2.28 bits per heavy atom. The lowest BCUT2D eigenvalue weighted by Crippen LogP contribution is -2.47. The van der Waals surface area contributed by atoms with Crippen molar-refractivity contribution in [3.63, 3.8) is 0 Å². The zero-order valence-corrected chi connectivity index (χ0v) is 14.9. The lowest BCUT2D eigenvalue weighted by atomic mass is 10.1. The number of amides is 3. The zero-order chi connectivity index (χ0) is 18.5. The summed E-state index contributed by atoms with van der Waals surface area (Å²) >= 11 is 0. The van der Waals surface area contributed by atoms with Crippen molar-refractivity contribution in [1.82, 2.24) is 10.6 Å². The van der Waals surface area contributed by atoms with Crippen molar-refractivity contribution in [2.24, 2.45) is 5.73 Å². The van der Waals surface area contributed by atoms with E-state index in [4.69, 9.17) is 5.73 Å². The molecule has 0 aliphatic heterocycles. The number of carbonyl (C=O) groups excluding carboxylic acids is 3. The predicted molar refractivity (Wildman–Crippen MR) is 97.9 cm³/mol. The first kappa shape index (κ1) is 20.7. The fourth-order valence-electron chi connectivity index (χ4n) is 2.51. The maximum Gasteiger partial charge on any atom is 0.251 e. The van der Waals surface area contributed by atoms with Gasteiger partial charge in [0.2, 0.25) is 11.8 Å². The molecule has 1 atom stereocenters. The van der Waals surface area contributed by atoms with Gasteiger partial charge in [0, 0.05) is 5.56 Å². The van der Waals surface area contributed by atoms with E-state index in [0.29, 0.717) is 12.0 Å². The molecule has 25 heavy (non-hydrogen) atoms. The van der Waals surface area contributed by atoms with Crippen LogP contribution in [0.25, 0.3) is 0 Å². The third-order valence-electron chi connectivity index (χ3n) is 3.97. The van der Waals surface area contributed by atoms with Crippen LogP contribution in [0.3, 0.4) is 0 Å². The van der Waals surface area contributed by atoms with Gasteiger partial charge in [0.25, 0.3) is 5.91 Å². The molecule has 0 saturated carbocycles. The number of unbranched alkanes of at least 4 members (excludes halogenated alkanes) is 5. The van der Waals surface area contributed by atoms with Crippen LogP contribution in [0.2, 0.25) is 0 Å². The maximum atomic E-state index is 11.9. The molecule has 6 nitrogen and oxygen atoms in total. The van der Waals surface area contributed by atoms with E-state index in [1.54, 1.807) is 24.3 Å². The van der Waals surface area contributed by atoms with Crippen molar-refractivity contribution < 1.29 is 14.4 Å². The second kappa shape index (κ2) is 12.1. The summed E-state index contributed by atoms with van der Waals surface area (Å²) in [7, 11) is 0. The highest BCUT2D eigenvalue weighted by atomic mass is 16.2. The van der Waals surface area contributed by atoms with E-state index in [1.165, 1.54) is 19.3 Å². The lowest BCUT2D eigenvalue weighted by Gasteiger charge is -2.15. The van der Waals surface area contributed by atoms with Gasteiger partial charge in [-0.2, -0.15) is 0 Å². The summed E-state index contributed by atoms with van der Waals surface area (Å²) in [6.45, 7) is 1.98. The van der Waals surface area contributed by atoms with Gasteiger partial charge in [0.1, 0.15) is 6.04 Å². The first-order chi connectivity index (χ1) is 12.0. The Labute approximate surface area is 149 Å². The number of nitrogens with one attached hydrogen (secondary N) is 2. The molecule has 0 aromatic heterocycles. The van der Waals surface area contributed by atoms with E-state index in [2.05, 4.69) is 17.6 Å². The van der Waals surface area contributed by atoms with Gasteiger partial charge in [-0.3, -0.25) is 14.4 Å². The summed E-state index contributed by atoms with van der Waals surface area (Å²) in [5.74, 6) is -1.29. The number of nitrogens with two attached hydrogens (primary N) is 1. The monoisotopic (exact) mass is 347 g/mol. The van der Waals surface area contributed by atoms with Crippen LogP contribution in [0.1, 0.15) is 62.2 Å². The molecule has 0 aliphatic rings. The summed E-state index contributed by atoms with van der Waals surface area (Å²) in [6, 6.07) is 7.95.